The first kappa shape index (κ1) is 14.8. The largest absolute Gasteiger partial charge is 0.368 e. The van der Waals surface area contributed by atoms with Crippen molar-refractivity contribution in [3.63, 3.8) is 0 Å². The Morgan fingerprint density at radius 1 is 1.27 bits per heavy atom. The van der Waals surface area contributed by atoms with Crippen molar-refractivity contribution in [3.05, 3.63) is 11.8 Å². The summed E-state index contributed by atoms with van der Waals surface area (Å²) in [4.78, 5) is 27.8. The summed E-state index contributed by atoms with van der Waals surface area (Å²) in [6, 6.07) is 1.44. The van der Waals surface area contributed by atoms with Gasteiger partial charge in [0, 0.05) is 38.9 Å². The van der Waals surface area contributed by atoms with Gasteiger partial charge in [0.1, 0.15) is 11.9 Å². The van der Waals surface area contributed by atoms with Crippen molar-refractivity contribution in [3.8, 4) is 0 Å². The Morgan fingerprint density at radius 2 is 2.00 bits per heavy atom. The fourth-order valence-electron chi connectivity index (χ4n) is 2.72. The van der Waals surface area contributed by atoms with E-state index in [-0.39, 0.29) is 18.0 Å². The lowest BCUT2D eigenvalue weighted by atomic mass is 10.2. The first-order valence-corrected chi connectivity index (χ1v) is 7.53. The minimum absolute atomic E-state index is 0.0460. The van der Waals surface area contributed by atoms with E-state index >= 15 is 0 Å². The highest BCUT2D eigenvalue weighted by Crippen LogP contribution is 2.16. The van der Waals surface area contributed by atoms with E-state index in [0.29, 0.717) is 44.4 Å². The van der Waals surface area contributed by atoms with Crippen LogP contribution in [0, 0.1) is 6.92 Å². The number of amides is 3. The molecular weight excluding hydrogens is 288 g/mol. The number of urea groups is 1. The summed E-state index contributed by atoms with van der Waals surface area (Å²) in [7, 11) is 0. The van der Waals surface area contributed by atoms with Gasteiger partial charge >= 0.3 is 6.03 Å². The van der Waals surface area contributed by atoms with Crippen LogP contribution in [0.4, 0.5) is 10.6 Å². The molecule has 0 spiro atoms. The van der Waals surface area contributed by atoms with Gasteiger partial charge in [-0.25, -0.2) is 4.79 Å². The number of hydrogen-bond acceptors (Lipinski definition) is 5. The number of nitrogens with one attached hydrogen (secondary N) is 1. The third-order valence-corrected chi connectivity index (χ3v) is 3.95. The number of ether oxygens (including phenoxy) is 1. The molecule has 2 saturated heterocycles. The summed E-state index contributed by atoms with van der Waals surface area (Å²) in [5, 5.41) is 6.42. The van der Waals surface area contributed by atoms with Crippen LogP contribution < -0.4 is 5.32 Å². The molecule has 3 amide bonds. The van der Waals surface area contributed by atoms with Crippen LogP contribution in [0.5, 0.6) is 0 Å². The van der Waals surface area contributed by atoms with E-state index in [1.165, 1.54) is 0 Å². The zero-order valence-electron chi connectivity index (χ0n) is 12.6. The van der Waals surface area contributed by atoms with Crippen LogP contribution in [-0.4, -0.2) is 65.8 Å². The number of carbonyl (C=O) groups is 2. The molecule has 3 heterocycles. The van der Waals surface area contributed by atoms with Crippen LogP contribution in [0.15, 0.2) is 10.6 Å². The molecule has 2 fully saturated rings. The predicted octanol–water partition coefficient (Wildman–Crippen LogP) is 0.838. The Bertz CT molecular complexity index is 545. The number of aromatic nitrogens is 1. The highest BCUT2D eigenvalue weighted by Gasteiger charge is 2.31. The first-order chi connectivity index (χ1) is 10.6. The minimum atomic E-state index is -0.293. The maximum atomic E-state index is 12.2. The summed E-state index contributed by atoms with van der Waals surface area (Å²) in [6.45, 7) is 4.49. The number of aryl methyl sites for hydroxylation is 1. The SMILES string of the molecule is Cc1cc(NC(=O)N2CCN(C(=O)[C@@H]3CCCO3)CC2)no1. The molecule has 1 N–H and O–H groups in total. The maximum Gasteiger partial charge on any atom is 0.323 e. The van der Waals surface area contributed by atoms with Gasteiger partial charge in [-0.2, -0.15) is 0 Å². The molecule has 0 aromatic carbocycles. The number of rotatable bonds is 2. The van der Waals surface area contributed by atoms with E-state index in [1.54, 1.807) is 22.8 Å². The molecule has 2 aliphatic rings. The smallest absolute Gasteiger partial charge is 0.323 e. The molecule has 0 saturated carbocycles. The summed E-state index contributed by atoms with van der Waals surface area (Å²) in [6.07, 6.45) is 1.44. The van der Waals surface area contributed by atoms with Gasteiger partial charge in [-0.3, -0.25) is 10.1 Å². The molecular formula is C14H20N4O4. The number of hydrogen-bond donors (Lipinski definition) is 1. The molecule has 0 unspecified atom stereocenters. The molecule has 1 aromatic heterocycles. The van der Waals surface area contributed by atoms with Crippen molar-refractivity contribution in [1.29, 1.82) is 0 Å². The molecule has 120 valence electrons. The fraction of sp³-hybridized carbons (Fsp3) is 0.643. The van der Waals surface area contributed by atoms with Crippen LogP contribution in [0.25, 0.3) is 0 Å². The maximum absolute atomic E-state index is 12.2. The van der Waals surface area contributed by atoms with Crippen molar-refractivity contribution in [2.45, 2.75) is 25.9 Å². The highest BCUT2D eigenvalue weighted by molar-refractivity contribution is 5.88. The Kier molecular flexibility index (Phi) is 4.28. The molecule has 8 heteroatoms. The molecule has 1 atom stereocenters. The van der Waals surface area contributed by atoms with E-state index in [4.69, 9.17) is 9.26 Å². The van der Waals surface area contributed by atoms with Gasteiger partial charge in [-0.1, -0.05) is 5.16 Å². The third kappa shape index (κ3) is 3.22. The molecule has 8 nitrogen and oxygen atoms in total. The second kappa shape index (κ2) is 6.35. The van der Waals surface area contributed by atoms with Crippen molar-refractivity contribution >= 4 is 17.8 Å². The average molecular weight is 308 g/mol. The second-order valence-corrected chi connectivity index (χ2v) is 5.57. The number of carbonyl (C=O) groups excluding carboxylic acids is 2. The summed E-state index contributed by atoms with van der Waals surface area (Å²) in [5.41, 5.74) is 0. The van der Waals surface area contributed by atoms with Crippen LogP contribution in [0.3, 0.4) is 0 Å². The molecule has 22 heavy (non-hydrogen) atoms. The zero-order chi connectivity index (χ0) is 15.5. The van der Waals surface area contributed by atoms with E-state index in [0.717, 1.165) is 12.8 Å². The average Bonchev–Trinajstić information content (AvgIpc) is 3.18. The van der Waals surface area contributed by atoms with Crippen molar-refractivity contribution in [1.82, 2.24) is 15.0 Å². The molecule has 2 aliphatic heterocycles. The fourth-order valence-corrected chi connectivity index (χ4v) is 2.72. The number of nitrogens with zero attached hydrogens (tertiary/aromatic N) is 3. The Morgan fingerprint density at radius 3 is 2.59 bits per heavy atom. The van der Waals surface area contributed by atoms with Gasteiger partial charge in [0.05, 0.1) is 0 Å². The first-order valence-electron chi connectivity index (χ1n) is 7.53. The van der Waals surface area contributed by atoms with E-state index < -0.39 is 0 Å². The Balaban J connectivity index is 1.48. The van der Waals surface area contributed by atoms with Gasteiger partial charge < -0.3 is 19.1 Å². The normalized spacial score (nSPS) is 22.0. The quantitative estimate of drug-likeness (QED) is 0.874. The van der Waals surface area contributed by atoms with E-state index in [9.17, 15) is 9.59 Å². The third-order valence-electron chi connectivity index (χ3n) is 3.95. The lowest BCUT2D eigenvalue weighted by molar-refractivity contribution is -0.142. The monoisotopic (exact) mass is 308 g/mol. The lowest BCUT2D eigenvalue weighted by Crippen LogP contribution is -2.53. The van der Waals surface area contributed by atoms with Crippen LogP contribution in [0.2, 0.25) is 0 Å². The Hall–Kier alpha value is -2.09. The molecule has 0 radical (unpaired) electrons. The van der Waals surface area contributed by atoms with Gasteiger partial charge in [-0.15, -0.1) is 0 Å². The summed E-state index contributed by atoms with van der Waals surface area (Å²) in [5.74, 6) is 1.09. The van der Waals surface area contributed by atoms with Crippen molar-refractivity contribution in [2.24, 2.45) is 0 Å². The molecule has 0 bridgehead atoms. The van der Waals surface area contributed by atoms with Gasteiger partial charge in [0.2, 0.25) is 0 Å². The van der Waals surface area contributed by atoms with Gasteiger partial charge in [-0.05, 0) is 19.8 Å². The second-order valence-electron chi connectivity index (χ2n) is 5.57. The van der Waals surface area contributed by atoms with Crippen LogP contribution in [-0.2, 0) is 9.53 Å². The van der Waals surface area contributed by atoms with Gasteiger partial charge in [0.25, 0.3) is 5.91 Å². The highest BCUT2D eigenvalue weighted by atomic mass is 16.5. The van der Waals surface area contributed by atoms with Crippen molar-refractivity contribution < 1.29 is 18.8 Å². The number of piperazine rings is 1. The molecule has 0 aliphatic carbocycles. The van der Waals surface area contributed by atoms with Gasteiger partial charge in [0.15, 0.2) is 5.82 Å². The number of anilines is 1. The topological polar surface area (TPSA) is 87.9 Å². The van der Waals surface area contributed by atoms with E-state index in [2.05, 4.69) is 10.5 Å². The van der Waals surface area contributed by atoms with Crippen LogP contribution in [0.1, 0.15) is 18.6 Å². The van der Waals surface area contributed by atoms with Crippen LogP contribution >= 0.6 is 0 Å². The predicted molar refractivity (Wildman–Crippen MR) is 77.4 cm³/mol. The molecule has 3 rings (SSSR count). The summed E-state index contributed by atoms with van der Waals surface area (Å²) < 4.78 is 10.3. The van der Waals surface area contributed by atoms with Crippen molar-refractivity contribution in [2.75, 3.05) is 38.1 Å². The summed E-state index contributed by atoms with van der Waals surface area (Å²) >= 11 is 0. The van der Waals surface area contributed by atoms with E-state index in [1.807, 2.05) is 0 Å². The molecule has 1 aromatic rings. The lowest BCUT2D eigenvalue weighted by Gasteiger charge is -2.35. The zero-order valence-corrected chi connectivity index (χ0v) is 12.6. The minimum Gasteiger partial charge on any atom is -0.368 e. The Labute approximate surface area is 128 Å². The standard InChI is InChI=1S/C14H20N4O4/c1-10-9-12(16-22-10)15-14(20)18-6-4-17(5-7-18)13(19)11-3-2-8-21-11/h9,11H,2-8H2,1H3,(H,15,16,20)/t11-/m0/s1.